The highest BCUT2D eigenvalue weighted by Crippen LogP contribution is 2.46. The van der Waals surface area contributed by atoms with Gasteiger partial charge in [0, 0.05) is 35.0 Å². The van der Waals surface area contributed by atoms with Crippen LogP contribution in [-0.4, -0.2) is 33.3 Å². The molecule has 1 N–H and O–H groups in total. The van der Waals surface area contributed by atoms with Crippen LogP contribution in [0.15, 0.2) is 76.9 Å². The van der Waals surface area contributed by atoms with E-state index in [1.54, 1.807) is 38.1 Å². The van der Waals surface area contributed by atoms with Gasteiger partial charge in [-0.05, 0) is 58.0 Å². The highest BCUT2D eigenvalue weighted by molar-refractivity contribution is 6.19. The third-order valence-corrected chi connectivity index (χ3v) is 7.22. The first kappa shape index (κ1) is 25.8. The molecule has 39 heavy (non-hydrogen) atoms. The Morgan fingerprint density at radius 2 is 1.21 bits per heavy atom. The molecule has 0 spiro atoms. The van der Waals surface area contributed by atoms with Crippen LogP contribution in [0.1, 0.15) is 36.5 Å². The fraction of sp³-hybridized carbons (Fsp3) is 0.241. The van der Waals surface area contributed by atoms with Crippen molar-refractivity contribution in [3.63, 3.8) is 0 Å². The van der Waals surface area contributed by atoms with Crippen LogP contribution in [-0.2, 0) is 9.59 Å². The number of hydrazone groups is 2. The number of nitro benzene ring substituents is 1. The standard InChI is InChI=1S/C29H27N5O5/c1-16-5-9-20(10-6-16)32-28(36)25(18(3)30-32)27(23-15-22(34(38)39)13-14-24(23)35)26-19(4)31-33(29(26)37)21-11-7-17(2)8-12-21/h5-15,25-27,35H,1-4H3/t25-,26-/m0/s1. The zero-order valence-electron chi connectivity index (χ0n) is 21.9. The predicted molar refractivity (Wildman–Crippen MR) is 148 cm³/mol. The Labute approximate surface area is 225 Å². The number of amides is 2. The van der Waals surface area contributed by atoms with Gasteiger partial charge in [-0.3, -0.25) is 19.7 Å². The molecule has 3 aromatic rings. The van der Waals surface area contributed by atoms with Gasteiger partial charge in [0.1, 0.15) is 5.75 Å². The minimum absolute atomic E-state index is 0.113. The van der Waals surface area contributed by atoms with E-state index in [0.717, 1.165) is 11.1 Å². The molecule has 0 fully saturated rings. The molecule has 198 valence electrons. The monoisotopic (exact) mass is 525 g/mol. The Morgan fingerprint density at radius 1 is 0.769 bits per heavy atom. The number of rotatable bonds is 6. The number of carbonyl (C=O) groups excluding carboxylic acids is 2. The fourth-order valence-electron chi connectivity index (χ4n) is 5.20. The lowest BCUT2D eigenvalue weighted by molar-refractivity contribution is -0.385. The summed E-state index contributed by atoms with van der Waals surface area (Å²) in [6, 6.07) is 18.2. The van der Waals surface area contributed by atoms with Gasteiger partial charge in [-0.15, -0.1) is 0 Å². The number of phenols is 1. The quantitative estimate of drug-likeness (QED) is 0.355. The van der Waals surface area contributed by atoms with Crippen molar-refractivity contribution in [3.05, 3.63) is 93.5 Å². The third kappa shape index (κ3) is 4.54. The summed E-state index contributed by atoms with van der Waals surface area (Å²) in [5.41, 5.74) is 3.83. The van der Waals surface area contributed by atoms with Gasteiger partial charge in [0.25, 0.3) is 17.5 Å². The lowest BCUT2D eigenvalue weighted by Gasteiger charge is -2.29. The molecule has 2 aliphatic heterocycles. The van der Waals surface area contributed by atoms with Gasteiger partial charge in [0.05, 0.1) is 28.1 Å². The number of hydrogen-bond acceptors (Lipinski definition) is 7. The van der Waals surface area contributed by atoms with Crippen molar-refractivity contribution in [2.24, 2.45) is 22.0 Å². The summed E-state index contributed by atoms with van der Waals surface area (Å²) in [7, 11) is 0. The van der Waals surface area contributed by atoms with Crippen LogP contribution in [0, 0.1) is 35.8 Å². The molecule has 0 bridgehead atoms. The van der Waals surface area contributed by atoms with Crippen molar-refractivity contribution in [2.45, 2.75) is 33.6 Å². The summed E-state index contributed by atoms with van der Waals surface area (Å²) in [5.74, 6) is -4.01. The van der Waals surface area contributed by atoms with E-state index in [1.807, 2.05) is 38.1 Å². The molecule has 2 atom stereocenters. The molecule has 3 aromatic carbocycles. The molecular weight excluding hydrogens is 498 g/mol. The van der Waals surface area contributed by atoms with Crippen LogP contribution in [0.25, 0.3) is 0 Å². The maximum atomic E-state index is 13.9. The van der Waals surface area contributed by atoms with Crippen LogP contribution in [0.2, 0.25) is 0 Å². The molecule has 0 unspecified atom stereocenters. The second-order valence-electron chi connectivity index (χ2n) is 9.94. The lowest BCUT2D eigenvalue weighted by Crippen LogP contribution is -2.40. The van der Waals surface area contributed by atoms with E-state index in [-0.39, 0.29) is 17.0 Å². The molecule has 0 saturated heterocycles. The molecular formula is C29H27N5O5. The molecule has 0 saturated carbocycles. The number of benzene rings is 3. The molecule has 10 heteroatoms. The zero-order valence-corrected chi connectivity index (χ0v) is 21.9. The van der Waals surface area contributed by atoms with Gasteiger partial charge >= 0.3 is 0 Å². The van der Waals surface area contributed by atoms with E-state index in [1.165, 1.54) is 28.2 Å². The number of aryl methyl sites for hydroxylation is 2. The first-order valence-electron chi connectivity index (χ1n) is 12.5. The first-order valence-corrected chi connectivity index (χ1v) is 12.5. The largest absolute Gasteiger partial charge is 0.508 e. The van der Waals surface area contributed by atoms with E-state index in [0.29, 0.717) is 22.8 Å². The Kier molecular flexibility index (Phi) is 6.47. The molecule has 2 heterocycles. The van der Waals surface area contributed by atoms with Gasteiger partial charge in [-0.2, -0.15) is 10.2 Å². The SMILES string of the molecule is CC1=NN(c2ccc(C)cc2)C(=O)[C@@H]1C(c1cc([N+](=O)[O-])ccc1O)[C@H]1C(=O)N(c2ccc(C)cc2)N=C1C. The maximum absolute atomic E-state index is 13.9. The van der Waals surface area contributed by atoms with Gasteiger partial charge < -0.3 is 5.11 Å². The van der Waals surface area contributed by atoms with Gasteiger partial charge in [0.2, 0.25) is 0 Å². The molecule has 2 aliphatic rings. The lowest BCUT2D eigenvalue weighted by atomic mass is 9.72. The van der Waals surface area contributed by atoms with Crippen molar-refractivity contribution in [3.8, 4) is 5.75 Å². The number of phenolic OH excluding ortho intramolecular Hbond substituents is 1. The summed E-state index contributed by atoms with van der Waals surface area (Å²) in [4.78, 5) is 38.9. The van der Waals surface area contributed by atoms with E-state index < -0.39 is 34.5 Å². The van der Waals surface area contributed by atoms with Crippen molar-refractivity contribution < 1.29 is 19.6 Å². The maximum Gasteiger partial charge on any atom is 0.269 e. The number of non-ortho nitro benzene ring substituents is 1. The zero-order chi connectivity index (χ0) is 28.0. The number of aromatic hydroxyl groups is 1. The van der Waals surface area contributed by atoms with Gasteiger partial charge in [-0.1, -0.05) is 35.4 Å². The molecule has 5 rings (SSSR count). The molecule has 10 nitrogen and oxygen atoms in total. The van der Waals surface area contributed by atoms with Gasteiger partial charge in [0.15, 0.2) is 0 Å². The molecule has 0 aliphatic carbocycles. The summed E-state index contributed by atoms with van der Waals surface area (Å²) in [6.07, 6.45) is 0. The number of carbonyl (C=O) groups is 2. The van der Waals surface area contributed by atoms with Crippen LogP contribution < -0.4 is 10.0 Å². The third-order valence-electron chi connectivity index (χ3n) is 7.22. The summed E-state index contributed by atoms with van der Waals surface area (Å²) in [5, 5.41) is 34.2. The molecule has 0 aromatic heterocycles. The second kappa shape index (κ2) is 9.79. The smallest absolute Gasteiger partial charge is 0.269 e. The fourth-order valence-corrected chi connectivity index (χ4v) is 5.20. The van der Waals surface area contributed by atoms with Crippen molar-refractivity contribution in [2.75, 3.05) is 10.0 Å². The highest BCUT2D eigenvalue weighted by Gasteiger charge is 2.51. The van der Waals surface area contributed by atoms with E-state index >= 15 is 0 Å². The summed E-state index contributed by atoms with van der Waals surface area (Å²) < 4.78 is 0. The normalized spacial score (nSPS) is 19.1. The van der Waals surface area contributed by atoms with Gasteiger partial charge in [-0.25, -0.2) is 10.0 Å². The number of anilines is 2. The minimum Gasteiger partial charge on any atom is -0.508 e. The van der Waals surface area contributed by atoms with Crippen molar-refractivity contribution in [1.82, 2.24) is 0 Å². The molecule has 0 radical (unpaired) electrons. The Morgan fingerprint density at radius 3 is 1.62 bits per heavy atom. The highest BCUT2D eigenvalue weighted by atomic mass is 16.6. The van der Waals surface area contributed by atoms with Crippen LogP contribution in [0.4, 0.5) is 17.1 Å². The van der Waals surface area contributed by atoms with E-state index in [4.69, 9.17) is 0 Å². The predicted octanol–water partition coefficient (Wildman–Crippen LogP) is 5.08. The van der Waals surface area contributed by atoms with Crippen LogP contribution >= 0.6 is 0 Å². The average molecular weight is 526 g/mol. The number of hydrogen-bond donors (Lipinski definition) is 1. The summed E-state index contributed by atoms with van der Waals surface area (Å²) >= 11 is 0. The second-order valence-corrected chi connectivity index (χ2v) is 9.94. The average Bonchev–Trinajstić information content (AvgIpc) is 3.36. The minimum atomic E-state index is -0.997. The Bertz CT molecular complexity index is 1460. The number of nitro groups is 1. The van der Waals surface area contributed by atoms with Crippen LogP contribution in [0.3, 0.4) is 0 Å². The van der Waals surface area contributed by atoms with Crippen LogP contribution in [0.5, 0.6) is 5.75 Å². The Hall–Kier alpha value is -4.86. The van der Waals surface area contributed by atoms with E-state index in [2.05, 4.69) is 10.2 Å². The first-order chi connectivity index (χ1) is 18.6. The number of nitrogens with zero attached hydrogens (tertiary/aromatic N) is 5. The van der Waals surface area contributed by atoms with E-state index in [9.17, 15) is 24.8 Å². The van der Waals surface area contributed by atoms with Crippen molar-refractivity contribution in [1.29, 1.82) is 0 Å². The Balaban J connectivity index is 1.62. The molecule has 2 amide bonds. The van der Waals surface area contributed by atoms with Crippen molar-refractivity contribution >= 4 is 40.3 Å². The summed E-state index contributed by atoms with van der Waals surface area (Å²) in [6.45, 7) is 7.23. The topological polar surface area (TPSA) is 129 Å².